The quantitative estimate of drug-likeness (QED) is 0.518. The average Bonchev–Trinajstić information content (AvgIpc) is 2.74. The molecule has 0 aromatic heterocycles. The summed E-state index contributed by atoms with van der Waals surface area (Å²) in [6.07, 6.45) is 10.9. The van der Waals surface area contributed by atoms with Crippen LogP contribution in [0.1, 0.15) is 68.4 Å². The van der Waals surface area contributed by atoms with Gasteiger partial charge in [0.05, 0.1) is 11.4 Å². The van der Waals surface area contributed by atoms with E-state index in [1.54, 1.807) is 0 Å². The maximum absolute atomic E-state index is 6.18. The van der Waals surface area contributed by atoms with Gasteiger partial charge in [-0.1, -0.05) is 56.7 Å². The Bertz CT molecular complexity index is 712. The van der Waals surface area contributed by atoms with Crippen LogP contribution in [0.25, 0.3) is 0 Å². The van der Waals surface area contributed by atoms with Gasteiger partial charge in [-0.25, -0.2) is 0 Å². The molecular formula is C22H27NO. The molecule has 0 spiro atoms. The SMILES string of the molecule is Cc1ccc2c(c1C1CCCCCCCC1)Nc1ccccc1O2. The van der Waals surface area contributed by atoms with E-state index in [0.717, 1.165) is 17.2 Å². The summed E-state index contributed by atoms with van der Waals surface area (Å²) < 4.78 is 6.18. The molecule has 126 valence electrons. The highest BCUT2D eigenvalue weighted by Gasteiger charge is 2.25. The first kappa shape index (κ1) is 15.6. The lowest BCUT2D eigenvalue weighted by molar-refractivity contribution is 0.476. The molecule has 24 heavy (non-hydrogen) atoms. The minimum absolute atomic E-state index is 0.652. The molecule has 2 heteroatoms. The third kappa shape index (κ3) is 3.02. The maximum atomic E-state index is 6.18. The molecule has 0 unspecified atom stereocenters. The van der Waals surface area contributed by atoms with Gasteiger partial charge in [0.2, 0.25) is 0 Å². The fourth-order valence-corrected chi connectivity index (χ4v) is 4.28. The van der Waals surface area contributed by atoms with Crippen molar-refractivity contribution in [1.82, 2.24) is 0 Å². The Kier molecular flexibility index (Phi) is 4.46. The molecule has 2 aliphatic rings. The number of anilines is 2. The van der Waals surface area contributed by atoms with Crippen LogP contribution in [0.5, 0.6) is 11.5 Å². The fourth-order valence-electron chi connectivity index (χ4n) is 4.28. The van der Waals surface area contributed by atoms with Crippen molar-refractivity contribution in [2.75, 3.05) is 5.32 Å². The Balaban J connectivity index is 1.71. The molecule has 2 aromatic rings. The predicted molar refractivity (Wildman–Crippen MR) is 101 cm³/mol. The van der Waals surface area contributed by atoms with Crippen LogP contribution < -0.4 is 10.1 Å². The molecule has 0 radical (unpaired) electrons. The summed E-state index contributed by atoms with van der Waals surface area (Å²) in [5.41, 5.74) is 5.18. The Morgan fingerprint density at radius 2 is 1.54 bits per heavy atom. The third-order valence-corrected chi connectivity index (χ3v) is 5.56. The van der Waals surface area contributed by atoms with Crippen LogP contribution >= 0.6 is 0 Å². The van der Waals surface area contributed by atoms with Crippen LogP contribution in [0.2, 0.25) is 0 Å². The minimum atomic E-state index is 0.652. The molecule has 0 atom stereocenters. The normalized spacial score (nSPS) is 18.2. The van der Waals surface area contributed by atoms with Crippen LogP contribution in [0, 0.1) is 6.92 Å². The number of aryl methyl sites for hydroxylation is 1. The van der Waals surface area contributed by atoms with E-state index in [0.29, 0.717) is 5.92 Å². The summed E-state index contributed by atoms with van der Waals surface area (Å²) in [5, 5.41) is 3.67. The number of hydrogen-bond donors (Lipinski definition) is 1. The average molecular weight is 321 g/mol. The zero-order chi connectivity index (χ0) is 16.4. The Hall–Kier alpha value is -1.96. The fraction of sp³-hybridized carbons (Fsp3) is 0.455. The Labute approximate surface area is 145 Å². The van der Waals surface area contributed by atoms with Crippen molar-refractivity contribution in [2.24, 2.45) is 0 Å². The largest absolute Gasteiger partial charge is 0.453 e. The van der Waals surface area contributed by atoms with Gasteiger partial charge < -0.3 is 10.1 Å². The van der Waals surface area contributed by atoms with Crippen LogP contribution in [0.4, 0.5) is 11.4 Å². The van der Waals surface area contributed by atoms with Crippen molar-refractivity contribution in [3.05, 3.63) is 47.5 Å². The molecule has 1 aliphatic heterocycles. The zero-order valence-corrected chi connectivity index (χ0v) is 14.6. The molecule has 2 aromatic carbocycles. The van der Waals surface area contributed by atoms with Gasteiger partial charge in [-0.3, -0.25) is 0 Å². The highest BCUT2D eigenvalue weighted by Crippen LogP contribution is 2.48. The van der Waals surface area contributed by atoms with E-state index in [4.69, 9.17) is 4.74 Å². The second-order valence-electron chi connectivity index (χ2n) is 7.29. The van der Waals surface area contributed by atoms with Gasteiger partial charge in [0, 0.05) is 0 Å². The third-order valence-electron chi connectivity index (χ3n) is 5.56. The molecule has 0 amide bonds. The number of para-hydroxylation sites is 2. The highest BCUT2D eigenvalue weighted by molar-refractivity contribution is 5.79. The van der Waals surface area contributed by atoms with Gasteiger partial charge in [-0.15, -0.1) is 0 Å². The van der Waals surface area contributed by atoms with Crippen LogP contribution in [0.3, 0.4) is 0 Å². The van der Waals surface area contributed by atoms with E-state index in [1.807, 2.05) is 12.1 Å². The standard InChI is InChI=1S/C22H27NO/c1-16-14-15-20-22(23-18-12-8-9-13-19(18)24-20)21(16)17-10-6-4-2-3-5-7-11-17/h8-9,12-15,17,23H,2-7,10-11H2,1H3. The zero-order valence-electron chi connectivity index (χ0n) is 14.6. The molecule has 1 fully saturated rings. The van der Waals surface area contributed by atoms with Gasteiger partial charge in [-0.2, -0.15) is 0 Å². The second-order valence-corrected chi connectivity index (χ2v) is 7.29. The van der Waals surface area contributed by atoms with Gasteiger partial charge in [-0.05, 0) is 55.0 Å². The first-order chi connectivity index (χ1) is 11.8. The van der Waals surface area contributed by atoms with E-state index >= 15 is 0 Å². The van der Waals surface area contributed by atoms with Crippen molar-refractivity contribution in [1.29, 1.82) is 0 Å². The summed E-state index contributed by atoms with van der Waals surface area (Å²) in [6.45, 7) is 2.25. The highest BCUT2D eigenvalue weighted by atomic mass is 16.5. The van der Waals surface area contributed by atoms with Crippen LogP contribution in [-0.2, 0) is 0 Å². The molecule has 1 saturated carbocycles. The smallest absolute Gasteiger partial charge is 0.151 e. The molecule has 0 bridgehead atoms. The summed E-state index contributed by atoms with van der Waals surface area (Å²) in [6, 6.07) is 12.6. The van der Waals surface area contributed by atoms with Gasteiger partial charge >= 0.3 is 0 Å². The molecule has 1 heterocycles. The number of hydrogen-bond acceptors (Lipinski definition) is 2. The van der Waals surface area contributed by atoms with E-state index in [2.05, 4.69) is 36.5 Å². The minimum Gasteiger partial charge on any atom is -0.453 e. The van der Waals surface area contributed by atoms with Crippen molar-refractivity contribution in [2.45, 2.75) is 64.2 Å². The van der Waals surface area contributed by atoms with Gasteiger partial charge in [0.1, 0.15) is 0 Å². The van der Waals surface area contributed by atoms with Crippen LogP contribution in [-0.4, -0.2) is 0 Å². The number of rotatable bonds is 1. The number of ether oxygens (including phenoxy) is 1. The monoisotopic (exact) mass is 321 g/mol. The summed E-state index contributed by atoms with van der Waals surface area (Å²) in [4.78, 5) is 0. The van der Waals surface area contributed by atoms with Crippen molar-refractivity contribution < 1.29 is 4.74 Å². The second kappa shape index (κ2) is 6.88. The summed E-state index contributed by atoms with van der Waals surface area (Å²) in [7, 11) is 0. The number of nitrogens with one attached hydrogen (secondary N) is 1. The topological polar surface area (TPSA) is 21.3 Å². The van der Waals surface area contributed by atoms with Gasteiger partial charge in [0.25, 0.3) is 0 Å². The molecular weight excluding hydrogens is 294 g/mol. The first-order valence-electron chi connectivity index (χ1n) is 9.50. The van der Waals surface area contributed by atoms with Gasteiger partial charge in [0.15, 0.2) is 11.5 Å². The molecule has 4 rings (SSSR count). The number of benzene rings is 2. The van der Waals surface area contributed by atoms with Crippen molar-refractivity contribution in [3.8, 4) is 11.5 Å². The lowest BCUT2D eigenvalue weighted by Crippen LogP contribution is -2.10. The van der Waals surface area contributed by atoms with E-state index < -0.39 is 0 Å². The van der Waals surface area contributed by atoms with Crippen molar-refractivity contribution >= 4 is 11.4 Å². The first-order valence-corrected chi connectivity index (χ1v) is 9.50. The summed E-state index contributed by atoms with van der Waals surface area (Å²) >= 11 is 0. The van der Waals surface area contributed by atoms with Crippen LogP contribution in [0.15, 0.2) is 36.4 Å². The number of fused-ring (bicyclic) bond motifs is 2. The maximum Gasteiger partial charge on any atom is 0.151 e. The summed E-state index contributed by atoms with van der Waals surface area (Å²) in [5.74, 6) is 2.56. The van der Waals surface area contributed by atoms with E-state index in [9.17, 15) is 0 Å². The lowest BCUT2D eigenvalue weighted by atomic mass is 9.85. The molecule has 1 N–H and O–H groups in total. The Morgan fingerprint density at radius 1 is 0.833 bits per heavy atom. The molecule has 0 saturated heterocycles. The van der Waals surface area contributed by atoms with Crippen molar-refractivity contribution in [3.63, 3.8) is 0 Å². The molecule has 2 nitrogen and oxygen atoms in total. The molecule has 1 aliphatic carbocycles. The van der Waals surface area contributed by atoms with E-state index in [-0.39, 0.29) is 0 Å². The lowest BCUT2D eigenvalue weighted by Gasteiger charge is -2.29. The Morgan fingerprint density at radius 3 is 2.33 bits per heavy atom. The predicted octanol–water partition coefficient (Wildman–Crippen LogP) is 7.06. The van der Waals surface area contributed by atoms with E-state index in [1.165, 1.54) is 68.2 Å².